The second-order valence-electron chi connectivity index (χ2n) is 6.88. The topological polar surface area (TPSA) is 72.8 Å². The minimum absolute atomic E-state index is 0.602. The SMILES string of the molecule is CNc1nc(-c2cccnc2)nc2c(OC)cc(-c3ccc4sc(C)nc4c3)cc12. The monoisotopic (exact) mass is 413 g/mol. The van der Waals surface area contributed by atoms with Gasteiger partial charge in [0.25, 0.3) is 0 Å². The third-order valence-electron chi connectivity index (χ3n) is 4.97. The van der Waals surface area contributed by atoms with Gasteiger partial charge in [0.1, 0.15) is 17.1 Å². The molecule has 6 nitrogen and oxygen atoms in total. The molecule has 0 spiro atoms. The molecular weight excluding hydrogens is 394 g/mol. The molecule has 0 aliphatic rings. The standard InChI is InChI=1S/C23H19N5OS/c1-13-26-18-10-14(6-7-20(18)30-13)16-9-17-21(19(11-16)29-3)27-22(28-23(17)24-2)15-5-4-8-25-12-15/h4-12H,1-3H3,(H,24,27,28). The summed E-state index contributed by atoms with van der Waals surface area (Å²) in [4.78, 5) is 18.3. The van der Waals surface area contributed by atoms with Gasteiger partial charge in [-0.25, -0.2) is 15.0 Å². The molecule has 3 heterocycles. The molecule has 0 amide bonds. The van der Waals surface area contributed by atoms with Gasteiger partial charge in [0, 0.05) is 30.4 Å². The zero-order chi connectivity index (χ0) is 20.7. The number of nitrogens with zero attached hydrogens (tertiary/aromatic N) is 4. The van der Waals surface area contributed by atoms with Crippen LogP contribution in [0.3, 0.4) is 0 Å². The summed E-state index contributed by atoms with van der Waals surface area (Å²) in [5.74, 6) is 2.04. The van der Waals surface area contributed by atoms with Crippen molar-refractivity contribution in [1.29, 1.82) is 0 Å². The van der Waals surface area contributed by atoms with Crippen LogP contribution in [0.2, 0.25) is 0 Å². The summed E-state index contributed by atoms with van der Waals surface area (Å²) >= 11 is 1.70. The van der Waals surface area contributed by atoms with Crippen LogP contribution in [0.5, 0.6) is 5.75 Å². The van der Waals surface area contributed by atoms with Crippen molar-refractivity contribution in [3.05, 3.63) is 59.9 Å². The zero-order valence-corrected chi connectivity index (χ0v) is 17.6. The number of aromatic nitrogens is 4. The molecule has 0 aliphatic heterocycles. The Kier molecular flexibility index (Phi) is 4.52. The molecule has 3 aromatic heterocycles. The van der Waals surface area contributed by atoms with Gasteiger partial charge in [0.15, 0.2) is 5.82 Å². The Morgan fingerprint density at radius 2 is 1.87 bits per heavy atom. The number of nitrogens with one attached hydrogen (secondary N) is 1. The van der Waals surface area contributed by atoms with Gasteiger partial charge in [-0.3, -0.25) is 4.98 Å². The highest BCUT2D eigenvalue weighted by Crippen LogP contribution is 2.36. The maximum absolute atomic E-state index is 5.72. The summed E-state index contributed by atoms with van der Waals surface area (Å²) in [7, 11) is 3.52. The van der Waals surface area contributed by atoms with Gasteiger partial charge < -0.3 is 10.1 Å². The summed E-state index contributed by atoms with van der Waals surface area (Å²) in [5, 5.41) is 5.16. The molecule has 0 saturated heterocycles. The maximum Gasteiger partial charge on any atom is 0.163 e. The molecule has 7 heteroatoms. The molecule has 0 saturated carbocycles. The lowest BCUT2D eigenvalue weighted by molar-refractivity contribution is 0.419. The van der Waals surface area contributed by atoms with Crippen LogP contribution in [0.15, 0.2) is 54.9 Å². The number of fused-ring (bicyclic) bond motifs is 2. The van der Waals surface area contributed by atoms with Crippen molar-refractivity contribution >= 4 is 38.3 Å². The molecule has 0 radical (unpaired) electrons. The van der Waals surface area contributed by atoms with E-state index in [1.165, 1.54) is 4.70 Å². The van der Waals surface area contributed by atoms with E-state index in [-0.39, 0.29) is 0 Å². The van der Waals surface area contributed by atoms with Crippen molar-refractivity contribution in [3.8, 4) is 28.3 Å². The quantitative estimate of drug-likeness (QED) is 0.429. The number of hydrogen-bond acceptors (Lipinski definition) is 7. The first-order valence-electron chi connectivity index (χ1n) is 9.52. The van der Waals surface area contributed by atoms with Gasteiger partial charge in [0.2, 0.25) is 0 Å². The first-order chi connectivity index (χ1) is 14.7. The summed E-state index contributed by atoms with van der Waals surface area (Å²) in [6.45, 7) is 2.03. The van der Waals surface area contributed by atoms with Crippen LogP contribution in [-0.4, -0.2) is 34.1 Å². The molecule has 148 valence electrons. The lowest BCUT2D eigenvalue weighted by atomic mass is 10.0. The van der Waals surface area contributed by atoms with Crippen LogP contribution in [0.1, 0.15) is 5.01 Å². The van der Waals surface area contributed by atoms with E-state index in [0.29, 0.717) is 11.6 Å². The van der Waals surface area contributed by atoms with E-state index in [1.807, 2.05) is 32.2 Å². The molecule has 1 N–H and O–H groups in total. The Labute approximate surface area is 177 Å². The number of thiazole rings is 1. The predicted octanol–water partition coefficient (Wildman–Crippen LogP) is 5.33. The van der Waals surface area contributed by atoms with E-state index in [9.17, 15) is 0 Å². The molecule has 5 aromatic rings. The Morgan fingerprint density at radius 1 is 0.967 bits per heavy atom. The first-order valence-corrected chi connectivity index (χ1v) is 10.3. The molecule has 2 aromatic carbocycles. The fourth-order valence-corrected chi connectivity index (χ4v) is 4.37. The molecule has 0 fully saturated rings. The Bertz CT molecular complexity index is 1380. The summed E-state index contributed by atoms with van der Waals surface area (Å²) in [6, 6.07) is 14.3. The number of rotatable bonds is 4. The number of ether oxygens (including phenoxy) is 1. The van der Waals surface area contributed by atoms with Crippen LogP contribution in [0.4, 0.5) is 5.82 Å². The van der Waals surface area contributed by atoms with E-state index in [0.717, 1.165) is 43.9 Å². The number of hydrogen-bond donors (Lipinski definition) is 1. The highest BCUT2D eigenvalue weighted by Gasteiger charge is 2.15. The zero-order valence-electron chi connectivity index (χ0n) is 16.8. The predicted molar refractivity (Wildman–Crippen MR) is 122 cm³/mol. The average Bonchev–Trinajstić information content (AvgIpc) is 3.17. The van der Waals surface area contributed by atoms with Crippen LogP contribution >= 0.6 is 11.3 Å². The van der Waals surface area contributed by atoms with Crippen LogP contribution < -0.4 is 10.1 Å². The van der Waals surface area contributed by atoms with Crippen molar-refractivity contribution in [1.82, 2.24) is 19.9 Å². The second-order valence-corrected chi connectivity index (χ2v) is 8.11. The Hall–Kier alpha value is -3.58. The highest BCUT2D eigenvalue weighted by molar-refractivity contribution is 7.18. The van der Waals surface area contributed by atoms with Gasteiger partial charge >= 0.3 is 0 Å². The molecule has 5 rings (SSSR count). The van der Waals surface area contributed by atoms with Crippen LogP contribution in [-0.2, 0) is 0 Å². The number of pyridine rings is 1. The van der Waals surface area contributed by atoms with Gasteiger partial charge in [-0.05, 0) is 54.4 Å². The van der Waals surface area contributed by atoms with Crippen LogP contribution in [0.25, 0.3) is 43.6 Å². The van der Waals surface area contributed by atoms with Gasteiger partial charge in [-0.15, -0.1) is 11.3 Å². The van der Waals surface area contributed by atoms with Gasteiger partial charge in [-0.1, -0.05) is 6.07 Å². The van der Waals surface area contributed by atoms with Gasteiger partial charge in [-0.2, -0.15) is 0 Å². The molecular formula is C23H19N5OS. The maximum atomic E-state index is 5.72. The number of methoxy groups -OCH3 is 1. The number of benzene rings is 2. The van der Waals surface area contributed by atoms with Crippen molar-refractivity contribution in [2.45, 2.75) is 6.92 Å². The third-order valence-corrected chi connectivity index (χ3v) is 5.92. The largest absolute Gasteiger partial charge is 0.494 e. The van der Waals surface area contributed by atoms with Gasteiger partial charge in [0.05, 0.1) is 22.3 Å². The van der Waals surface area contributed by atoms with Crippen molar-refractivity contribution in [2.75, 3.05) is 19.5 Å². The minimum atomic E-state index is 0.602. The lowest BCUT2D eigenvalue weighted by Crippen LogP contribution is -2.01. The number of anilines is 1. The smallest absolute Gasteiger partial charge is 0.163 e. The summed E-state index contributed by atoms with van der Waals surface area (Å²) < 4.78 is 6.91. The number of aryl methyl sites for hydroxylation is 1. The molecule has 0 atom stereocenters. The summed E-state index contributed by atoms with van der Waals surface area (Å²) in [6.07, 6.45) is 3.49. The molecule has 30 heavy (non-hydrogen) atoms. The Balaban J connectivity index is 1.73. The van der Waals surface area contributed by atoms with E-state index in [2.05, 4.69) is 39.6 Å². The Morgan fingerprint density at radius 3 is 2.63 bits per heavy atom. The summed E-state index contributed by atoms with van der Waals surface area (Å²) in [5.41, 5.74) is 4.72. The fraction of sp³-hybridized carbons (Fsp3) is 0.130. The van der Waals surface area contributed by atoms with Crippen molar-refractivity contribution < 1.29 is 4.74 Å². The molecule has 0 bridgehead atoms. The minimum Gasteiger partial charge on any atom is -0.494 e. The average molecular weight is 414 g/mol. The normalized spacial score (nSPS) is 11.2. The van der Waals surface area contributed by atoms with Crippen molar-refractivity contribution in [2.24, 2.45) is 0 Å². The lowest BCUT2D eigenvalue weighted by Gasteiger charge is -2.13. The molecule has 0 unspecified atom stereocenters. The molecule has 0 aliphatic carbocycles. The van der Waals surface area contributed by atoms with E-state index in [4.69, 9.17) is 14.7 Å². The van der Waals surface area contributed by atoms with Crippen molar-refractivity contribution in [3.63, 3.8) is 0 Å². The van der Waals surface area contributed by atoms with E-state index < -0.39 is 0 Å². The van der Waals surface area contributed by atoms with E-state index in [1.54, 1.807) is 30.8 Å². The fourth-order valence-electron chi connectivity index (χ4n) is 3.56. The van der Waals surface area contributed by atoms with E-state index >= 15 is 0 Å². The highest BCUT2D eigenvalue weighted by atomic mass is 32.1. The second kappa shape index (κ2) is 7.35. The van der Waals surface area contributed by atoms with Crippen LogP contribution in [0, 0.1) is 6.92 Å². The third kappa shape index (κ3) is 3.13. The first kappa shape index (κ1) is 18.4.